The molecule has 1 aliphatic carbocycles. The van der Waals surface area contributed by atoms with Crippen molar-refractivity contribution in [1.29, 1.82) is 0 Å². The Morgan fingerprint density at radius 3 is 2.72 bits per heavy atom. The molecule has 98 valence electrons. The van der Waals surface area contributed by atoms with Crippen LogP contribution in [0.3, 0.4) is 0 Å². The van der Waals surface area contributed by atoms with Gasteiger partial charge in [-0.15, -0.1) is 0 Å². The number of nitrogens with two attached hydrogens (primary N) is 1. The first kappa shape index (κ1) is 13.4. The van der Waals surface area contributed by atoms with Crippen LogP contribution < -0.4 is 5.73 Å². The number of hydrogen-bond acceptors (Lipinski definition) is 3. The first-order valence-corrected chi connectivity index (χ1v) is 7.18. The number of nitrogen functional groups attached to an aromatic ring is 1. The zero-order valence-electron chi connectivity index (χ0n) is 10.3. The normalized spacial score (nSPS) is 16.5. The maximum absolute atomic E-state index is 11.9. The maximum Gasteiger partial charge on any atom is 0.338 e. The fourth-order valence-corrected chi connectivity index (χ4v) is 2.55. The SMILES string of the molecule is Nc1cc(C(=O)OCC2CCCCC2)ccc1Br. The van der Waals surface area contributed by atoms with Gasteiger partial charge in [0, 0.05) is 10.2 Å². The highest BCUT2D eigenvalue weighted by Gasteiger charge is 2.16. The lowest BCUT2D eigenvalue weighted by molar-refractivity contribution is 0.0410. The van der Waals surface area contributed by atoms with Crippen molar-refractivity contribution in [3.8, 4) is 0 Å². The molecule has 18 heavy (non-hydrogen) atoms. The minimum Gasteiger partial charge on any atom is -0.462 e. The molecule has 1 aliphatic rings. The number of anilines is 1. The molecule has 0 unspecified atom stereocenters. The predicted molar refractivity (Wildman–Crippen MR) is 75.4 cm³/mol. The average molecular weight is 312 g/mol. The van der Waals surface area contributed by atoms with Crippen molar-refractivity contribution in [3.63, 3.8) is 0 Å². The molecule has 0 amide bonds. The zero-order valence-corrected chi connectivity index (χ0v) is 11.9. The van der Waals surface area contributed by atoms with Gasteiger partial charge in [0.05, 0.1) is 12.2 Å². The average Bonchev–Trinajstić information content (AvgIpc) is 2.40. The summed E-state index contributed by atoms with van der Waals surface area (Å²) >= 11 is 3.30. The van der Waals surface area contributed by atoms with E-state index in [1.54, 1.807) is 18.2 Å². The summed E-state index contributed by atoms with van der Waals surface area (Å²) < 4.78 is 6.15. The molecule has 0 saturated heterocycles. The Morgan fingerprint density at radius 2 is 2.06 bits per heavy atom. The summed E-state index contributed by atoms with van der Waals surface area (Å²) in [5.41, 5.74) is 6.82. The van der Waals surface area contributed by atoms with Crippen LogP contribution in [0.1, 0.15) is 42.5 Å². The fraction of sp³-hybridized carbons (Fsp3) is 0.500. The van der Waals surface area contributed by atoms with Crippen molar-refractivity contribution in [2.24, 2.45) is 5.92 Å². The van der Waals surface area contributed by atoms with Gasteiger partial charge < -0.3 is 10.5 Å². The van der Waals surface area contributed by atoms with Crippen LogP contribution in [-0.4, -0.2) is 12.6 Å². The van der Waals surface area contributed by atoms with E-state index in [0.29, 0.717) is 23.8 Å². The van der Waals surface area contributed by atoms with Crippen molar-refractivity contribution < 1.29 is 9.53 Å². The van der Waals surface area contributed by atoms with E-state index in [4.69, 9.17) is 10.5 Å². The molecule has 0 heterocycles. The number of carbonyl (C=O) groups is 1. The van der Waals surface area contributed by atoms with Crippen molar-refractivity contribution >= 4 is 27.6 Å². The molecular weight excluding hydrogens is 294 g/mol. The van der Waals surface area contributed by atoms with E-state index in [1.807, 2.05) is 0 Å². The lowest BCUT2D eigenvalue weighted by Crippen LogP contribution is -2.16. The van der Waals surface area contributed by atoms with Gasteiger partial charge >= 0.3 is 5.97 Å². The van der Waals surface area contributed by atoms with Crippen LogP contribution in [0.2, 0.25) is 0 Å². The molecule has 3 nitrogen and oxygen atoms in total. The minimum absolute atomic E-state index is 0.278. The Labute approximate surface area is 116 Å². The molecule has 2 rings (SSSR count). The van der Waals surface area contributed by atoms with E-state index in [9.17, 15) is 4.79 Å². The van der Waals surface area contributed by atoms with E-state index in [2.05, 4.69) is 15.9 Å². The Bertz CT molecular complexity index is 428. The molecule has 0 bridgehead atoms. The number of hydrogen-bond donors (Lipinski definition) is 1. The second kappa shape index (κ2) is 6.23. The Hall–Kier alpha value is -1.03. The monoisotopic (exact) mass is 311 g/mol. The number of rotatable bonds is 3. The molecule has 1 saturated carbocycles. The summed E-state index contributed by atoms with van der Waals surface area (Å²) in [5, 5.41) is 0. The van der Waals surface area contributed by atoms with Gasteiger partial charge in [-0.25, -0.2) is 4.79 Å². The molecule has 2 N–H and O–H groups in total. The lowest BCUT2D eigenvalue weighted by atomic mass is 9.90. The summed E-state index contributed by atoms with van der Waals surface area (Å²) in [6, 6.07) is 5.14. The minimum atomic E-state index is -0.278. The predicted octanol–water partition coefficient (Wildman–Crippen LogP) is 3.77. The van der Waals surface area contributed by atoms with Crippen LogP contribution in [-0.2, 0) is 4.74 Å². The summed E-state index contributed by atoms with van der Waals surface area (Å²) in [7, 11) is 0. The van der Waals surface area contributed by atoms with Gasteiger partial charge in [-0.1, -0.05) is 19.3 Å². The summed E-state index contributed by atoms with van der Waals surface area (Å²) in [6.07, 6.45) is 6.18. The second-order valence-corrected chi connectivity index (χ2v) is 5.69. The highest BCUT2D eigenvalue weighted by molar-refractivity contribution is 9.10. The van der Waals surface area contributed by atoms with Crippen molar-refractivity contribution in [1.82, 2.24) is 0 Å². The van der Waals surface area contributed by atoms with Crippen LogP contribution in [0.25, 0.3) is 0 Å². The molecule has 0 spiro atoms. The molecule has 0 aromatic heterocycles. The molecule has 0 aliphatic heterocycles. The molecule has 1 aromatic carbocycles. The van der Waals surface area contributed by atoms with Crippen LogP contribution in [0.15, 0.2) is 22.7 Å². The molecule has 0 radical (unpaired) electrons. The molecule has 0 atom stereocenters. The summed E-state index contributed by atoms with van der Waals surface area (Å²) in [4.78, 5) is 11.9. The zero-order chi connectivity index (χ0) is 13.0. The largest absolute Gasteiger partial charge is 0.462 e. The van der Waals surface area contributed by atoms with Crippen LogP contribution in [0, 0.1) is 5.92 Å². The number of carbonyl (C=O) groups excluding carboxylic acids is 1. The van der Waals surface area contributed by atoms with Crippen molar-refractivity contribution in [2.45, 2.75) is 32.1 Å². The van der Waals surface area contributed by atoms with Gasteiger partial charge in [0.2, 0.25) is 0 Å². The Kier molecular flexibility index (Phi) is 4.64. The van der Waals surface area contributed by atoms with Gasteiger partial charge in [-0.05, 0) is 52.9 Å². The highest BCUT2D eigenvalue weighted by atomic mass is 79.9. The van der Waals surface area contributed by atoms with Gasteiger partial charge in [0.1, 0.15) is 0 Å². The first-order valence-electron chi connectivity index (χ1n) is 6.39. The van der Waals surface area contributed by atoms with Crippen LogP contribution in [0.4, 0.5) is 5.69 Å². The molecule has 1 fully saturated rings. The number of esters is 1. The van der Waals surface area contributed by atoms with E-state index in [1.165, 1.54) is 32.1 Å². The van der Waals surface area contributed by atoms with Gasteiger partial charge in [0.15, 0.2) is 0 Å². The first-order chi connectivity index (χ1) is 8.66. The number of benzene rings is 1. The summed E-state index contributed by atoms with van der Waals surface area (Å²) in [5.74, 6) is 0.260. The topological polar surface area (TPSA) is 52.3 Å². The highest BCUT2D eigenvalue weighted by Crippen LogP contribution is 2.24. The Morgan fingerprint density at radius 1 is 1.33 bits per heavy atom. The van der Waals surface area contributed by atoms with E-state index in [0.717, 1.165) is 4.47 Å². The number of halogens is 1. The smallest absolute Gasteiger partial charge is 0.338 e. The standard InChI is InChI=1S/C14H18BrNO2/c15-12-7-6-11(8-13(12)16)14(17)18-9-10-4-2-1-3-5-10/h6-8,10H,1-5,9,16H2. The van der Waals surface area contributed by atoms with Crippen LogP contribution >= 0.6 is 15.9 Å². The maximum atomic E-state index is 11.9. The van der Waals surface area contributed by atoms with Gasteiger partial charge in [-0.3, -0.25) is 0 Å². The number of ether oxygens (including phenoxy) is 1. The molecule has 4 heteroatoms. The fourth-order valence-electron chi connectivity index (χ4n) is 2.30. The molecule has 1 aromatic rings. The van der Waals surface area contributed by atoms with E-state index in [-0.39, 0.29) is 5.97 Å². The van der Waals surface area contributed by atoms with Crippen molar-refractivity contribution in [3.05, 3.63) is 28.2 Å². The van der Waals surface area contributed by atoms with Crippen LogP contribution in [0.5, 0.6) is 0 Å². The second-order valence-electron chi connectivity index (χ2n) is 4.84. The summed E-state index contributed by atoms with van der Waals surface area (Å²) in [6.45, 7) is 0.537. The third-order valence-corrected chi connectivity index (χ3v) is 4.13. The van der Waals surface area contributed by atoms with E-state index < -0.39 is 0 Å². The van der Waals surface area contributed by atoms with Gasteiger partial charge in [0.25, 0.3) is 0 Å². The third-order valence-electron chi connectivity index (χ3n) is 3.41. The van der Waals surface area contributed by atoms with Crippen molar-refractivity contribution in [2.75, 3.05) is 12.3 Å². The van der Waals surface area contributed by atoms with Gasteiger partial charge in [-0.2, -0.15) is 0 Å². The Balaban J connectivity index is 1.88. The molecular formula is C14H18BrNO2. The van der Waals surface area contributed by atoms with E-state index >= 15 is 0 Å². The third kappa shape index (κ3) is 3.48. The quantitative estimate of drug-likeness (QED) is 0.683. The lowest BCUT2D eigenvalue weighted by Gasteiger charge is -2.21.